The normalized spacial score (nSPS) is 10.1. The molecule has 0 aromatic heterocycles. The molecule has 0 atom stereocenters. The summed E-state index contributed by atoms with van der Waals surface area (Å²) in [5, 5.41) is 3.63. The lowest BCUT2D eigenvalue weighted by Gasteiger charge is -2.00. The van der Waals surface area contributed by atoms with Crippen molar-refractivity contribution in [1.82, 2.24) is 5.43 Å². The minimum Gasteiger partial charge on any atom is -0.497 e. The SMILES string of the molecule is CCOC(=O)C(=O)NN=Cc1ccc(OC)cc1. The molecular formula is C12H14N2O4. The van der Waals surface area contributed by atoms with Gasteiger partial charge in [0.2, 0.25) is 0 Å². The van der Waals surface area contributed by atoms with Crippen LogP contribution in [0.25, 0.3) is 0 Å². The highest BCUT2D eigenvalue weighted by Crippen LogP contribution is 2.09. The van der Waals surface area contributed by atoms with Crippen LogP contribution in [0, 0.1) is 0 Å². The van der Waals surface area contributed by atoms with Crippen LogP contribution >= 0.6 is 0 Å². The van der Waals surface area contributed by atoms with Gasteiger partial charge in [-0.2, -0.15) is 5.10 Å². The molecule has 0 unspecified atom stereocenters. The van der Waals surface area contributed by atoms with E-state index in [1.807, 2.05) is 0 Å². The van der Waals surface area contributed by atoms with E-state index in [-0.39, 0.29) is 6.61 Å². The first-order chi connectivity index (χ1) is 8.67. The first-order valence-corrected chi connectivity index (χ1v) is 5.31. The molecule has 1 N–H and O–H groups in total. The Labute approximate surface area is 105 Å². The molecule has 0 heterocycles. The zero-order chi connectivity index (χ0) is 13.4. The molecule has 0 aliphatic rings. The zero-order valence-electron chi connectivity index (χ0n) is 10.2. The number of amides is 1. The summed E-state index contributed by atoms with van der Waals surface area (Å²) in [6.45, 7) is 1.76. The van der Waals surface area contributed by atoms with Crippen LogP contribution in [0.2, 0.25) is 0 Å². The highest BCUT2D eigenvalue weighted by molar-refractivity contribution is 6.32. The first-order valence-electron chi connectivity index (χ1n) is 5.31. The molecule has 0 saturated heterocycles. The van der Waals surface area contributed by atoms with E-state index < -0.39 is 11.9 Å². The Balaban J connectivity index is 2.49. The van der Waals surface area contributed by atoms with Gasteiger partial charge in [-0.05, 0) is 36.8 Å². The van der Waals surface area contributed by atoms with Crippen molar-refractivity contribution in [3.8, 4) is 5.75 Å². The van der Waals surface area contributed by atoms with Gasteiger partial charge in [-0.3, -0.25) is 4.79 Å². The maximum atomic E-state index is 11.1. The third-order valence-corrected chi connectivity index (χ3v) is 1.96. The number of methoxy groups -OCH3 is 1. The van der Waals surface area contributed by atoms with Crippen molar-refractivity contribution in [2.45, 2.75) is 6.92 Å². The van der Waals surface area contributed by atoms with E-state index >= 15 is 0 Å². The summed E-state index contributed by atoms with van der Waals surface area (Å²) >= 11 is 0. The van der Waals surface area contributed by atoms with Crippen molar-refractivity contribution in [1.29, 1.82) is 0 Å². The Morgan fingerprint density at radius 1 is 1.33 bits per heavy atom. The lowest BCUT2D eigenvalue weighted by molar-refractivity contribution is -0.154. The van der Waals surface area contributed by atoms with Crippen LogP contribution in [0.5, 0.6) is 5.75 Å². The molecule has 1 amide bonds. The quantitative estimate of drug-likeness (QED) is 0.369. The molecule has 0 spiro atoms. The predicted octanol–water partition coefficient (Wildman–Crippen LogP) is 0.708. The molecule has 0 fully saturated rings. The summed E-state index contributed by atoms with van der Waals surface area (Å²) in [4.78, 5) is 22.0. The number of ether oxygens (including phenoxy) is 2. The standard InChI is InChI=1S/C12H14N2O4/c1-3-18-12(16)11(15)14-13-8-9-4-6-10(17-2)7-5-9/h4-8H,3H2,1-2H3,(H,14,15). The lowest BCUT2D eigenvalue weighted by atomic mass is 10.2. The second kappa shape index (κ2) is 7.05. The molecule has 0 radical (unpaired) electrons. The molecule has 6 nitrogen and oxygen atoms in total. The van der Waals surface area contributed by atoms with Crippen LogP contribution in [0.3, 0.4) is 0 Å². The number of carbonyl (C=O) groups excluding carboxylic acids is 2. The Kier molecular flexibility index (Phi) is 5.37. The van der Waals surface area contributed by atoms with E-state index in [2.05, 4.69) is 15.3 Å². The molecular weight excluding hydrogens is 236 g/mol. The number of rotatable bonds is 4. The average molecular weight is 250 g/mol. The summed E-state index contributed by atoms with van der Waals surface area (Å²) in [6.07, 6.45) is 1.41. The fourth-order valence-electron chi connectivity index (χ4n) is 1.10. The fraction of sp³-hybridized carbons (Fsp3) is 0.250. The minimum atomic E-state index is -0.954. The van der Waals surface area contributed by atoms with Crippen LogP contribution in [0.4, 0.5) is 0 Å². The number of hydrazone groups is 1. The molecule has 1 aromatic rings. The van der Waals surface area contributed by atoms with Crippen LogP contribution in [0.1, 0.15) is 12.5 Å². The number of benzene rings is 1. The van der Waals surface area contributed by atoms with Crippen LogP contribution in [-0.2, 0) is 14.3 Å². The van der Waals surface area contributed by atoms with Crippen molar-refractivity contribution in [3.05, 3.63) is 29.8 Å². The van der Waals surface area contributed by atoms with Crippen LogP contribution in [0.15, 0.2) is 29.4 Å². The molecule has 96 valence electrons. The van der Waals surface area contributed by atoms with Crippen molar-refractivity contribution in [3.63, 3.8) is 0 Å². The zero-order valence-corrected chi connectivity index (χ0v) is 10.2. The number of esters is 1. The number of hydrogen-bond acceptors (Lipinski definition) is 5. The Morgan fingerprint density at radius 2 is 2.00 bits per heavy atom. The summed E-state index contributed by atoms with van der Waals surface area (Å²) in [7, 11) is 1.57. The van der Waals surface area contributed by atoms with E-state index in [4.69, 9.17) is 4.74 Å². The molecule has 1 aromatic carbocycles. The second-order valence-corrected chi connectivity index (χ2v) is 3.19. The lowest BCUT2D eigenvalue weighted by Crippen LogP contribution is -2.28. The Morgan fingerprint density at radius 3 is 2.56 bits per heavy atom. The molecule has 1 rings (SSSR count). The molecule has 6 heteroatoms. The number of nitrogens with zero attached hydrogens (tertiary/aromatic N) is 1. The highest BCUT2D eigenvalue weighted by atomic mass is 16.5. The summed E-state index contributed by atoms with van der Waals surface area (Å²) in [6, 6.07) is 7.04. The largest absolute Gasteiger partial charge is 0.497 e. The summed E-state index contributed by atoms with van der Waals surface area (Å²) < 4.78 is 9.49. The maximum Gasteiger partial charge on any atom is 0.398 e. The van der Waals surface area contributed by atoms with Crippen molar-refractivity contribution in [2.24, 2.45) is 5.10 Å². The number of carbonyl (C=O) groups is 2. The van der Waals surface area contributed by atoms with Crippen molar-refractivity contribution in [2.75, 3.05) is 13.7 Å². The average Bonchev–Trinajstić information content (AvgIpc) is 2.39. The topological polar surface area (TPSA) is 77.0 Å². The van der Waals surface area contributed by atoms with Gasteiger partial charge in [-0.1, -0.05) is 0 Å². The minimum absolute atomic E-state index is 0.147. The Hall–Kier alpha value is -2.37. The molecule has 0 aliphatic carbocycles. The van der Waals surface area contributed by atoms with Gasteiger partial charge in [0.1, 0.15) is 5.75 Å². The highest BCUT2D eigenvalue weighted by Gasteiger charge is 2.12. The third-order valence-electron chi connectivity index (χ3n) is 1.96. The van der Waals surface area contributed by atoms with E-state index in [9.17, 15) is 9.59 Å². The monoisotopic (exact) mass is 250 g/mol. The van der Waals surface area contributed by atoms with Crippen LogP contribution < -0.4 is 10.2 Å². The van der Waals surface area contributed by atoms with Gasteiger partial charge in [0, 0.05) is 0 Å². The number of nitrogens with one attached hydrogen (secondary N) is 1. The fourth-order valence-corrected chi connectivity index (χ4v) is 1.10. The van der Waals surface area contributed by atoms with Gasteiger partial charge in [0.25, 0.3) is 0 Å². The maximum absolute atomic E-state index is 11.1. The first kappa shape index (κ1) is 13.7. The van der Waals surface area contributed by atoms with Gasteiger partial charge >= 0.3 is 11.9 Å². The molecule has 18 heavy (non-hydrogen) atoms. The predicted molar refractivity (Wildman–Crippen MR) is 65.4 cm³/mol. The summed E-state index contributed by atoms with van der Waals surface area (Å²) in [5.41, 5.74) is 2.83. The summed E-state index contributed by atoms with van der Waals surface area (Å²) in [5.74, 6) is -1.13. The van der Waals surface area contributed by atoms with Crippen molar-refractivity contribution >= 4 is 18.1 Å². The third kappa shape index (κ3) is 4.25. The second-order valence-electron chi connectivity index (χ2n) is 3.19. The van der Waals surface area contributed by atoms with Gasteiger partial charge in [-0.15, -0.1) is 0 Å². The Bertz CT molecular complexity index is 440. The van der Waals surface area contributed by atoms with Gasteiger partial charge in [0.15, 0.2) is 0 Å². The molecule has 0 aliphatic heterocycles. The van der Waals surface area contributed by atoms with E-state index in [1.165, 1.54) is 6.21 Å². The molecule has 0 saturated carbocycles. The smallest absolute Gasteiger partial charge is 0.398 e. The van der Waals surface area contributed by atoms with Gasteiger partial charge < -0.3 is 9.47 Å². The number of hydrogen-bond donors (Lipinski definition) is 1. The van der Waals surface area contributed by atoms with Gasteiger partial charge in [-0.25, -0.2) is 10.2 Å². The van der Waals surface area contributed by atoms with E-state index in [0.29, 0.717) is 0 Å². The van der Waals surface area contributed by atoms with Gasteiger partial charge in [0.05, 0.1) is 19.9 Å². The van der Waals surface area contributed by atoms with Crippen molar-refractivity contribution < 1.29 is 19.1 Å². The van der Waals surface area contributed by atoms with E-state index in [0.717, 1.165) is 11.3 Å². The van der Waals surface area contributed by atoms with Crippen LogP contribution in [-0.4, -0.2) is 31.8 Å². The molecule has 0 bridgehead atoms. The van der Waals surface area contributed by atoms with E-state index in [1.54, 1.807) is 38.3 Å².